The number of rotatable bonds is 7. The number of nitrogen functional groups attached to an aromatic ring is 1. The molecular formula is C23H21N7O4S. The number of aryl methyl sites for hydroxylation is 2. The van der Waals surface area contributed by atoms with Crippen molar-refractivity contribution in [2.45, 2.75) is 25.3 Å². The first kappa shape index (κ1) is 22.3. The van der Waals surface area contributed by atoms with Gasteiger partial charge in [0.1, 0.15) is 11.3 Å². The molecule has 0 aliphatic heterocycles. The highest BCUT2D eigenvalue weighted by Gasteiger charge is 2.19. The van der Waals surface area contributed by atoms with Crippen LogP contribution in [0.4, 0.5) is 11.5 Å². The quantitative estimate of drug-likeness (QED) is 0.344. The monoisotopic (exact) mass is 491 g/mol. The first-order valence-electron chi connectivity index (χ1n) is 10.7. The van der Waals surface area contributed by atoms with Gasteiger partial charge in [0.2, 0.25) is 5.88 Å². The van der Waals surface area contributed by atoms with E-state index in [0.29, 0.717) is 40.9 Å². The maximum absolute atomic E-state index is 12.6. The number of ether oxygens (including phenoxy) is 1. The number of hydrogen-bond acceptors (Lipinski definition) is 9. The molecule has 0 spiro atoms. The van der Waals surface area contributed by atoms with Gasteiger partial charge in [0.25, 0.3) is 10.0 Å². The maximum Gasteiger partial charge on any atom is 0.261 e. The summed E-state index contributed by atoms with van der Waals surface area (Å²) >= 11 is 0. The van der Waals surface area contributed by atoms with E-state index < -0.39 is 10.0 Å². The van der Waals surface area contributed by atoms with E-state index in [1.54, 1.807) is 60.8 Å². The molecule has 11 nitrogen and oxygen atoms in total. The van der Waals surface area contributed by atoms with Crippen LogP contribution in [-0.4, -0.2) is 33.3 Å². The van der Waals surface area contributed by atoms with Crippen LogP contribution in [0, 0.1) is 6.92 Å². The molecule has 0 atom stereocenters. The molecule has 5 rings (SSSR count). The fraction of sp³-hybridized carbons (Fsp3) is 0.130. The lowest BCUT2D eigenvalue weighted by atomic mass is 10.2. The highest BCUT2D eigenvalue weighted by molar-refractivity contribution is 7.92. The van der Waals surface area contributed by atoms with Crippen LogP contribution < -0.4 is 15.2 Å². The van der Waals surface area contributed by atoms with Gasteiger partial charge in [0.15, 0.2) is 17.3 Å². The Morgan fingerprint density at radius 2 is 1.83 bits per heavy atom. The Balaban J connectivity index is 1.36. The SMILES string of the molecule is CCn1c(-c2nonc2N)nc2cnc(Oc3ccc(NS(=O)(=O)c4ccc(C)cc4)cc3)cc21. The molecule has 0 radical (unpaired) electrons. The van der Waals surface area contributed by atoms with Crippen molar-refractivity contribution in [1.29, 1.82) is 0 Å². The van der Waals surface area contributed by atoms with E-state index in [1.807, 2.05) is 18.4 Å². The Labute approximate surface area is 200 Å². The van der Waals surface area contributed by atoms with Crippen LogP contribution >= 0.6 is 0 Å². The Bertz CT molecular complexity index is 1610. The summed E-state index contributed by atoms with van der Waals surface area (Å²) in [5.74, 6) is 1.50. The van der Waals surface area contributed by atoms with Gasteiger partial charge in [0, 0.05) is 18.3 Å². The van der Waals surface area contributed by atoms with Gasteiger partial charge < -0.3 is 15.0 Å². The number of imidazole rings is 1. The number of nitrogens with zero attached hydrogens (tertiary/aromatic N) is 5. The molecule has 3 aromatic heterocycles. The smallest absolute Gasteiger partial charge is 0.261 e. The molecule has 0 saturated carbocycles. The van der Waals surface area contributed by atoms with Gasteiger partial charge >= 0.3 is 0 Å². The molecule has 0 aliphatic carbocycles. The first-order valence-corrected chi connectivity index (χ1v) is 12.1. The predicted octanol–water partition coefficient (Wildman–Crippen LogP) is 3.98. The van der Waals surface area contributed by atoms with E-state index in [4.69, 9.17) is 15.1 Å². The average molecular weight is 492 g/mol. The van der Waals surface area contributed by atoms with Gasteiger partial charge in [-0.15, -0.1) is 0 Å². The molecule has 0 unspecified atom stereocenters. The summed E-state index contributed by atoms with van der Waals surface area (Å²) in [5.41, 5.74) is 9.00. The lowest BCUT2D eigenvalue weighted by Crippen LogP contribution is -2.12. The number of pyridine rings is 1. The maximum atomic E-state index is 12.6. The molecule has 5 aromatic rings. The molecule has 12 heteroatoms. The van der Waals surface area contributed by atoms with Crippen molar-refractivity contribution in [3.05, 3.63) is 66.4 Å². The third-order valence-electron chi connectivity index (χ3n) is 5.31. The molecule has 178 valence electrons. The minimum absolute atomic E-state index is 0.150. The fourth-order valence-electron chi connectivity index (χ4n) is 3.56. The van der Waals surface area contributed by atoms with Crippen LogP contribution in [0.15, 0.2) is 70.3 Å². The van der Waals surface area contributed by atoms with Crippen molar-refractivity contribution < 1.29 is 17.8 Å². The third kappa shape index (κ3) is 4.38. The largest absolute Gasteiger partial charge is 0.439 e. The molecule has 3 heterocycles. The number of hydrogen-bond donors (Lipinski definition) is 2. The van der Waals surface area contributed by atoms with Crippen molar-refractivity contribution in [2.24, 2.45) is 0 Å². The van der Waals surface area contributed by atoms with Crippen LogP contribution in [-0.2, 0) is 16.6 Å². The summed E-state index contributed by atoms with van der Waals surface area (Å²) in [4.78, 5) is 9.06. The Kier molecular flexibility index (Phi) is 5.57. The molecule has 0 bridgehead atoms. The number of nitrogens with two attached hydrogens (primary N) is 1. The van der Waals surface area contributed by atoms with Gasteiger partial charge in [-0.05, 0) is 60.6 Å². The molecule has 0 aliphatic rings. The normalized spacial score (nSPS) is 11.6. The van der Waals surface area contributed by atoms with E-state index >= 15 is 0 Å². The summed E-state index contributed by atoms with van der Waals surface area (Å²) in [6.07, 6.45) is 1.59. The topological polar surface area (TPSA) is 151 Å². The molecule has 0 amide bonds. The van der Waals surface area contributed by atoms with Gasteiger partial charge in [-0.2, -0.15) is 0 Å². The van der Waals surface area contributed by atoms with Crippen molar-refractivity contribution in [2.75, 3.05) is 10.5 Å². The van der Waals surface area contributed by atoms with E-state index in [9.17, 15) is 8.42 Å². The lowest BCUT2D eigenvalue weighted by Gasteiger charge is -2.10. The molecule has 35 heavy (non-hydrogen) atoms. The van der Waals surface area contributed by atoms with Crippen LogP contribution in [0.2, 0.25) is 0 Å². The number of benzene rings is 2. The number of aromatic nitrogens is 5. The lowest BCUT2D eigenvalue weighted by molar-refractivity contribution is 0.310. The zero-order valence-electron chi connectivity index (χ0n) is 18.8. The van der Waals surface area contributed by atoms with Crippen LogP contribution in [0.5, 0.6) is 11.6 Å². The van der Waals surface area contributed by atoms with Crippen LogP contribution in [0.25, 0.3) is 22.6 Å². The second-order valence-corrected chi connectivity index (χ2v) is 9.42. The van der Waals surface area contributed by atoms with Crippen LogP contribution in [0.1, 0.15) is 12.5 Å². The van der Waals surface area contributed by atoms with Gasteiger partial charge in [0.05, 0.1) is 16.6 Å². The summed E-state index contributed by atoms with van der Waals surface area (Å²) < 4.78 is 40.3. The average Bonchev–Trinajstić information content (AvgIpc) is 3.42. The molecule has 0 saturated heterocycles. The van der Waals surface area contributed by atoms with E-state index in [0.717, 1.165) is 11.1 Å². The Hall–Kier alpha value is -4.45. The van der Waals surface area contributed by atoms with Gasteiger partial charge in [-0.25, -0.2) is 23.0 Å². The molecular weight excluding hydrogens is 470 g/mol. The number of anilines is 2. The molecule has 2 aromatic carbocycles. The van der Waals surface area contributed by atoms with E-state index in [-0.39, 0.29) is 10.7 Å². The third-order valence-corrected chi connectivity index (χ3v) is 6.71. The minimum Gasteiger partial charge on any atom is -0.439 e. The summed E-state index contributed by atoms with van der Waals surface area (Å²) in [6.45, 7) is 4.46. The second-order valence-electron chi connectivity index (χ2n) is 7.73. The summed E-state index contributed by atoms with van der Waals surface area (Å²) in [7, 11) is -3.69. The zero-order chi connectivity index (χ0) is 24.6. The van der Waals surface area contributed by atoms with Crippen molar-refractivity contribution >= 4 is 32.6 Å². The fourth-order valence-corrected chi connectivity index (χ4v) is 4.62. The second kappa shape index (κ2) is 8.72. The first-order chi connectivity index (χ1) is 16.8. The number of nitrogens with one attached hydrogen (secondary N) is 1. The standard InChI is InChI=1S/C23H21N7O4S/c1-3-30-19-12-20(25-13-18(19)26-23(30)21-22(24)28-34-27-21)33-16-8-6-15(7-9-16)29-35(31,32)17-10-4-14(2)5-11-17/h4-13,29H,3H2,1-2H3,(H2,24,28). The number of fused-ring (bicyclic) bond motifs is 1. The Morgan fingerprint density at radius 1 is 1.09 bits per heavy atom. The zero-order valence-corrected chi connectivity index (χ0v) is 19.7. The molecule has 3 N–H and O–H groups in total. The van der Waals surface area contributed by atoms with Crippen LogP contribution in [0.3, 0.4) is 0 Å². The van der Waals surface area contributed by atoms with Crippen molar-refractivity contribution in [3.8, 4) is 23.1 Å². The van der Waals surface area contributed by atoms with E-state index in [1.165, 1.54) is 0 Å². The minimum atomic E-state index is -3.69. The summed E-state index contributed by atoms with van der Waals surface area (Å²) in [6, 6.07) is 14.9. The predicted molar refractivity (Wildman–Crippen MR) is 129 cm³/mol. The van der Waals surface area contributed by atoms with E-state index in [2.05, 4.69) is 25.0 Å². The van der Waals surface area contributed by atoms with Crippen molar-refractivity contribution in [1.82, 2.24) is 24.8 Å². The number of sulfonamides is 1. The van der Waals surface area contributed by atoms with Crippen molar-refractivity contribution in [3.63, 3.8) is 0 Å². The highest BCUT2D eigenvalue weighted by atomic mass is 32.2. The highest BCUT2D eigenvalue weighted by Crippen LogP contribution is 2.29. The van der Waals surface area contributed by atoms with Gasteiger partial charge in [-0.3, -0.25) is 4.72 Å². The molecule has 0 fully saturated rings. The van der Waals surface area contributed by atoms with Gasteiger partial charge in [-0.1, -0.05) is 17.7 Å². The summed E-state index contributed by atoms with van der Waals surface area (Å²) in [5, 5.41) is 7.46. The Morgan fingerprint density at radius 3 is 2.49 bits per heavy atom.